The van der Waals surface area contributed by atoms with E-state index >= 15 is 0 Å². The van der Waals surface area contributed by atoms with E-state index in [1.165, 1.54) is 0 Å². The molecule has 2 fully saturated rings. The van der Waals surface area contributed by atoms with Crippen LogP contribution in [-0.4, -0.2) is 58.0 Å². The first-order chi connectivity index (χ1) is 16.1. The van der Waals surface area contributed by atoms with Crippen molar-refractivity contribution in [3.05, 3.63) is 54.1 Å². The number of hydrogen-bond acceptors (Lipinski definition) is 5. The average Bonchev–Trinajstić information content (AvgIpc) is 2.85. The van der Waals surface area contributed by atoms with Crippen molar-refractivity contribution in [3.63, 3.8) is 0 Å². The molecule has 0 aliphatic carbocycles. The lowest BCUT2D eigenvalue weighted by atomic mass is 9.98. The van der Waals surface area contributed by atoms with Crippen molar-refractivity contribution in [1.82, 2.24) is 4.31 Å². The van der Waals surface area contributed by atoms with Crippen LogP contribution in [0.25, 0.3) is 0 Å². The lowest BCUT2D eigenvalue weighted by Crippen LogP contribution is -2.43. The molecule has 1 atom stereocenters. The number of alkyl halides is 3. The highest BCUT2D eigenvalue weighted by molar-refractivity contribution is 7.89. The Bertz CT molecular complexity index is 1120. The Kier molecular flexibility index (Phi) is 7.15. The van der Waals surface area contributed by atoms with Gasteiger partial charge in [-0.25, -0.2) is 8.42 Å². The van der Waals surface area contributed by atoms with E-state index in [1.54, 1.807) is 12.1 Å². The molecule has 2 aromatic carbocycles. The van der Waals surface area contributed by atoms with Gasteiger partial charge in [0.1, 0.15) is 0 Å². The molecule has 11 heteroatoms. The number of benzene rings is 2. The molecule has 7 nitrogen and oxygen atoms in total. The molecule has 184 valence electrons. The molecular weight excluding hydrogens is 471 g/mol. The molecule has 0 unspecified atom stereocenters. The molecule has 2 saturated heterocycles. The zero-order valence-electron chi connectivity index (χ0n) is 18.4. The van der Waals surface area contributed by atoms with E-state index in [4.69, 9.17) is 4.74 Å². The van der Waals surface area contributed by atoms with Crippen LogP contribution in [0, 0.1) is 5.92 Å². The molecular formula is C23H26F3N3O4S. The maximum absolute atomic E-state index is 13.0. The van der Waals surface area contributed by atoms with Crippen LogP contribution in [0.1, 0.15) is 18.4 Å². The van der Waals surface area contributed by atoms with E-state index in [0.717, 1.165) is 41.3 Å². The highest BCUT2D eigenvalue weighted by atomic mass is 32.2. The summed E-state index contributed by atoms with van der Waals surface area (Å²) in [6.07, 6.45) is -3.72. The van der Waals surface area contributed by atoms with E-state index in [0.29, 0.717) is 37.8 Å². The lowest BCUT2D eigenvalue weighted by molar-refractivity contribution is -0.137. The summed E-state index contributed by atoms with van der Waals surface area (Å²) in [5.74, 6) is -0.920. The summed E-state index contributed by atoms with van der Waals surface area (Å²) in [6, 6.07) is 11.1. The van der Waals surface area contributed by atoms with Crippen molar-refractivity contribution in [2.45, 2.75) is 23.9 Å². The number of carbonyl (C=O) groups excluding carboxylic acids is 1. The number of carbonyl (C=O) groups is 1. The summed E-state index contributed by atoms with van der Waals surface area (Å²) < 4.78 is 71.5. The van der Waals surface area contributed by atoms with Crippen LogP contribution < -0.4 is 10.2 Å². The molecule has 2 heterocycles. The topological polar surface area (TPSA) is 79.0 Å². The fraction of sp³-hybridized carbons (Fsp3) is 0.435. The van der Waals surface area contributed by atoms with Gasteiger partial charge in [0, 0.05) is 37.6 Å². The number of hydrogen-bond donors (Lipinski definition) is 1. The molecule has 4 rings (SSSR count). The Hall–Kier alpha value is -2.63. The molecule has 1 amide bonds. The maximum atomic E-state index is 13.0. The summed E-state index contributed by atoms with van der Waals surface area (Å²) in [6.45, 7) is 2.99. The molecule has 34 heavy (non-hydrogen) atoms. The first-order valence-corrected chi connectivity index (χ1v) is 12.5. The Morgan fingerprint density at radius 2 is 1.74 bits per heavy atom. The van der Waals surface area contributed by atoms with Crippen molar-refractivity contribution in [3.8, 4) is 0 Å². The van der Waals surface area contributed by atoms with Crippen molar-refractivity contribution >= 4 is 27.3 Å². The van der Waals surface area contributed by atoms with E-state index in [1.807, 2.05) is 12.1 Å². The Morgan fingerprint density at radius 3 is 2.41 bits per heavy atom. The number of nitrogens with one attached hydrogen (secondary N) is 1. The van der Waals surface area contributed by atoms with Crippen molar-refractivity contribution in [2.24, 2.45) is 5.92 Å². The van der Waals surface area contributed by atoms with Crippen molar-refractivity contribution in [1.29, 1.82) is 0 Å². The molecule has 2 aliphatic heterocycles. The van der Waals surface area contributed by atoms with Crippen LogP contribution in [0.3, 0.4) is 0 Å². The number of anilines is 2. The number of nitrogens with zero attached hydrogens (tertiary/aromatic N) is 2. The highest BCUT2D eigenvalue weighted by Crippen LogP contribution is 2.32. The first-order valence-electron chi connectivity index (χ1n) is 11.1. The Labute approximate surface area is 196 Å². The van der Waals surface area contributed by atoms with Crippen LogP contribution >= 0.6 is 0 Å². The minimum atomic E-state index is -4.65. The molecule has 0 saturated carbocycles. The number of morpholine rings is 1. The predicted molar refractivity (Wildman–Crippen MR) is 121 cm³/mol. The second kappa shape index (κ2) is 9.93. The van der Waals surface area contributed by atoms with Crippen LogP contribution in [0.2, 0.25) is 0 Å². The Morgan fingerprint density at radius 1 is 1.03 bits per heavy atom. The number of rotatable bonds is 5. The summed E-state index contributed by atoms with van der Waals surface area (Å²) >= 11 is 0. The van der Waals surface area contributed by atoms with Gasteiger partial charge < -0.3 is 15.0 Å². The average molecular weight is 498 g/mol. The van der Waals surface area contributed by atoms with Crippen LogP contribution in [0.15, 0.2) is 53.4 Å². The summed E-state index contributed by atoms with van der Waals surface area (Å²) in [5, 5.41) is 2.83. The normalized spacial score (nSPS) is 20.2. The largest absolute Gasteiger partial charge is 0.416 e. The van der Waals surface area contributed by atoms with Gasteiger partial charge in [0.25, 0.3) is 0 Å². The fourth-order valence-corrected chi connectivity index (χ4v) is 5.75. The standard InChI is InChI=1S/C23H26F3N3O4S/c24-23(25,26)18-4-1-5-21(15-18)34(31,32)29-10-2-3-17(16-29)22(30)27-19-6-8-20(9-7-19)28-11-13-33-14-12-28/h1,4-9,15,17H,2-3,10-14,16H2,(H,27,30)/t17-/m0/s1. The molecule has 0 spiro atoms. The minimum absolute atomic E-state index is 0.0870. The molecule has 2 aliphatic rings. The molecule has 0 radical (unpaired) electrons. The third-order valence-electron chi connectivity index (χ3n) is 6.07. The van der Waals surface area contributed by atoms with Crippen molar-refractivity contribution in [2.75, 3.05) is 49.6 Å². The van der Waals surface area contributed by atoms with Gasteiger partial charge in [0.05, 0.1) is 29.6 Å². The first kappa shape index (κ1) is 24.5. The van der Waals surface area contributed by atoms with Gasteiger partial charge in [-0.3, -0.25) is 4.79 Å². The van der Waals surface area contributed by atoms with E-state index < -0.39 is 32.6 Å². The van der Waals surface area contributed by atoms with Gasteiger partial charge in [-0.05, 0) is 55.3 Å². The van der Waals surface area contributed by atoms with Gasteiger partial charge in [0.15, 0.2) is 0 Å². The predicted octanol–water partition coefficient (Wildman–Crippen LogP) is 3.58. The quantitative estimate of drug-likeness (QED) is 0.683. The summed E-state index contributed by atoms with van der Waals surface area (Å²) in [4.78, 5) is 14.6. The van der Waals surface area contributed by atoms with Crippen LogP contribution in [0.4, 0.5) is 24.5 Å². The minimum Gasteiger partial charge on any atom is -0.378 e. The second-order valence-corrected chi connectivity index (χ2v) is 10.3. The molecule has 0 bridgehead atoms. The van der Waals surface area contributed by atoms with Gasteiger partial charge >= 0.3 is 6.18 Å². The smallest absolute Gasteiger partial charge is 0.378 e. The highest BCUT2D eigenvalue weighted by Gasteiger charge is 2.36. The number of amides is 1. The van der Waals surface area contributed by atoms with E-state index in [2.05, 4.69) is 10.2 Å². The SMILES string of the molecule is O=C(Nc1ccc(N2CCOCC2)cc1)[C@H]1CCCN(S(=O)(=O)c2cccc(C(F)(F)F)c2)C1. The number of ether oxygens (including phenoxy) is 1. The van der Waals surface area contributed by atoms with Gasteiger partial charge in [0.2, 0.25) is 15.9 Å². The fourth-order valence-electron chi connectivity index (χ4n) is 4.18. The number of sulfonamides is 1. The van der Waals surface area contributed by atoms with Crippen LogP contribution in [0.5, 0.6) is 0 Å². The van der Waals surface area contributed by atoms with Gasteiger partial charge in [-0.15, -0.1) is 0 Å². The number of piperidine rings is 1. The van der Waals surface area contributed by atoms with E-state index in [-0.39, 0.29) is 19.0 Å². The third-order valence-corrected chi connectivity index (χ3v) is 7.93. The molecule has 1 N–H and O–H groups in total. The van der Waals surface area contributed by atoms with Crippen LogP contribution in [-0.2, 0) is 25.7 Å². The zero-order chi connectivity index (χ0) is 24.3. The Balaban J connectivity index is 1.41. The summed E-state index contributed by atoms with van der Waals surface area (Å²) in [5.41, 5.74) is 0.595. The van der Waals surface area contributed by atoms with Gasteiger partial charge in [-0.1, -0.05) is 6.07 Å². The third kappa shape index (κ3) is 5.53. The van der Waals surface area contributed by atoms with Crippen molar-refractivity contribution < 1.29 is 31.1 Å². The zero-order valence-corrected chi connectivity index (χ0v) is 19.2. The second-order valence-electron chi connectivity index (χ2n) is 8.36. The molecule has 2 aromatic rings. The molecule has 0 aromatic heterocycles. The lowest BCUT2D eigenvalue weighted by Gasteiger charge is -2.31. The van der Waals surface area contributed by atoms with E-state index in [9.17, 15) is 26.4 Å². The summed E-state index contributed by atoms with van der Waals surface area (Å²) in [7, 11) is -4.16. The number of halogens is 3. The van der Waals surface area contributed by atoms with Gasteiger partial charge in [-0.2, -0.15) is 17.5 Å². The monoisotopic (exact) mass is 497 g/mol. The maximum Gasteiger partial charge on any atom is 0.416 e.